The van der Waals surface area contributed by atoms with Crippen molar-refractivity contribution >= 4 is 22.1 Å². The van der Waals surface area contributed by atoms with Gasteiger partial charge in [0.25, 0.3) is 0 Å². The Labute approximate surface area is 171 Å². The number of benzene rings is 1. The van der Waals surface area contributed by atoms with E-state index in [1.165, 1.54) is 11.1 Å². The molecular weight excluding hydrogens is 390 g/mol. The first-order chi connectivity index (χ1) is 13.9. The average Bonchev–Trinajstić information content (AvgIpc) is 3.25. The van der Waals surface area contributed by atoms with Crippen LogP contribution in [0.1, 0.15) is 55.7 Å². The van der Waals surface area contributed by atoms with E-state index in [1.807, 2.05) is 6.07 Å². The molecule has 0 aliphatic heterocycles. The Kier molecular flexibility index (Phi) is 5.71. The van der Waals surface area contributed by atoms with Crippen LogP contribution in [-0.2, 0) is 14.5 Å². The zero-order valence-electron chi connectivity index (χ0n) is 16.4. The van der Waals surface area contributed by atoms with Crippen molar-refractivity contribution in [1.82, 2.24) is 9.97 Å². The van der Waals surface area contributed by atoms with Gasteiger partial charge in [0, 0.05) is 12.2 Å². The van der Waals surface area contributed by atoms with Crippen molar-refractivity contribution in [2.24, 2.45) is 11.1 Å². The maximum absolute atomic E-state index is 11.0. The van der Waals surface area contributed by atoms with E-state index in [4.69, 9.17) is 9.32 Å². The van der Waals surface area contributed by atoms with Crippen molar-refractivity contribution in [2.75, 3.05) is 17.2 Å². The largest absolute Gasteiger partial charge is 0.367 e. The van der Waals surface area contributed by atoms with E-state index in [-0.39, 0.29) is 24.6 Å². The summed E-state index contributed by atoms with van der Waals surface area (Å²) in [6, 6.07) is 10.8. The lowest BCUT2D eigenvalue weighted by Gasteiger charge is -2.17. The maximum atomic E-state index is 11.0. The van der Waals surface area contributed by atoms with E-state index in [2.05, 4.69) is 51.8 Å². The molecule has 2 aliphatic carbocycles. The van der Waals surface area contributed by atoms with Crippen molar-refractivity contribution in [3.05, 3.63) is 47.7 Å². The lowest BCUT2D eigenvalue weighted by molar-refractivity contribution is 0.256. The predicted molar refractivity (Wildman–Crippen MR) is 112 cm³/mol. The van der Waals surface area contributed by atoms with Crippen LogP contribution in [-0.4, -0.2) is 31.0 Å². The van der Waals surface area contributed by atoms with Gasteiger partial charge in [-0.3, -0.25) is 4.18 Å². The fourth-order valence-electron chi connectivity index (χ4n) is 4.44. The quantitative estimate of drug-likeness (QED) is 0.633. The number of anilines is 2. The number of hydrogen-bond donors (Lipinski definition) is 3. The predicted octanol–water partition coefficient (Wildman–Crippen LogP) is 2.94. The van der Waals surface area contributed by atoms with Gasteiger partial charge in [-0.1, -0.05) is 31.2 Å². The van der Waals surface area contributed by atoms with Gasteiger partial charge in [0.15, 0.2) is 0 Å². The van der Waals surface area contributed by atoms with E-state index in [1.54, 1.807) is 6.20 Å². The van der Waals surface area contributed by atoms with Gasteiger partial charge in [0.2, 0.25) is 5.95 Å². The Hall–Kier alpha value is -2.23. The molecule has 2 aliphatic rings. The Morgan fingerprint density at radius 2 is 1.93 bits per heavy atom. The molecule has 1 aromatic carbocycles. The molecule has 9 heteroatoms. The van der Waals surface area contributed by atoms with Gasteiger partial charge in [-0.05, 0) is 54.7 Å². The van der Waals surface area contributed by atoms with Crippen molar-refractivity contribution in [3.8, 4) is 0 Å². The molecule has 1 saturated carbocycles. The smallest absolute Gasteiger partial charge is 0.333 e. The topological polar surface area (TPSA) is 119 Å². The first-order valence-corrected chi connectivity index (χ1v) is 11.5. The highest BCUT2D eigenvalue weighted by atomic mass is 32.2. The fourth-order valence-corrected chi connectivity index (χ4v) is 4.83. The number of fused-ring (bicyclic) bond motifs is 1. The molecular formula is C20H27N5O3S. The Balaban J connectivity index is 1.35. The summed E-state index contributed by atoms with van der Waals surface area (Å²) in [5.41, 5.74) is 2.70. The summed E-state index contributed by atoms with van der Waals surface area (Å²) in [6.45, 7) is 2.38. The van der Waals surface area contributed by atoms with Crippen LogP contribution in [0.25, 0.3) is 0 Å². The molecule has 2 unspecified atom stereocenters. The Morgan fingerprint density at radius 3 is 2.72 bits per heavy atom. The minimum absolute atomic E-state index is 0.132. The van der Waals surface area contributed by atoms with Gasteiger partial charge < -0.3 is 10.6 Å². The lowest BCUT2D eigenvalue weighted by atomic mass is 10.0. The van der Waals surface area contributed by atoms with E-state index in [9.17, 15) is 8.42 Å². The van der Waals surface area contributed by atoms with Crippen LogP contribution in [0.5, 0.6) is 0 Å². The molecule has 4 rings (SSSR count). The fraction of sp³-hybridized carbons (Fsp3) is 0.500. The van der Waals surface area contributed by atoms with Gasteiger partial charge >= 0.3 is 10.3 Å². The highest BCUT2D eigenvalue weighted by molar-refractivity contribution is 7.84. The van der Waals surface area contributed by atoms with Crippen molar-refractivity contribution in [1.29, 1.82) is 0 Å². The molecule has 1 fully saturated rings. The average molecular weight is 418 g/mol. The van der Waals surface area contributed by atoms with Crippen LogP contribution < -0.4 is 15.8 Å². The van der Waals surface area contributed by atoms with E-state index in [0.717, 1.165) is 31.5 Å². The second kappa shape index (κ2) is 8.25. The van der Waals surface area contributed by atoms with E-state index >= 15 is 0 Å². The van der Waals surface area contributed by atoms with Gasteiger partial charge in [-0.15, -0.1) is 0 Å². The summed E-state index contributed by atoms with van der Waals surface area (Å²) in [5, 5.41) is 11.8. The maximum Gasteiger partial charge on any atom is 0.333 e. The summed E-state index contributed by atoms with van der Waals surface area (Å²) >= 11 is 0. The zero-order valence-corrected chi connectivity index (χ0v) is 17.2. The Bertz CT molecular complexity index is 968. The minimum atomic E-state index is -3.88. The SMILES string of the molecule is CC1CC(Nc2nccc(N[C@H]3CC[C@@H](COS(N)(=O)=O)C3)n2)c2ccccc21. The molecule has 8 nitrogen and oxygen atoms in total. The van der Waals surface area contributed by atoms with Crippen LogP contribution in [0.2, 0.25) is 0 Å². The van der Waals surface area contributed by atoms with Gasteiger partial charge in [-0.2, -0.15) is 13.4 Å². The molecule has 1 aromatic heterocycles. The number of nitrogens with two attached hydrogens (primary N) is 1. The van der Waals surface area contributed by atoms with Crippen LogP contribution in [0, 0.1) is 5.92 Å². The number of nitrogens with one attached hydrogen (secondary N) is 2. The first kappa shape index (κ1) is 20.1. The summed E-state index contributed by atoms with van der Waals surface area (Å²) in [5.74, 6) is 2.05. The summed E-state index contributed by atoms with van der Waals surface area (Å²) in [6.07, 6.45) is 5.40. The minimum Gasteiger partial charge on any atom is -0.367 e. The van der Waals surface area contributed by atoms with Crippen LogP contribution in [0.15, 0.2) is 36.5 Å². The van der Waals surface area contributed by atoms with Crippen molar-refractivity contribution in [2.45, 2.75) is 50.6 Å². The van der Waals surface area contributed by atoms with E-state index in [0.29, 0.717) is 11.9 Å². The third-order valence-electron chi connectivity index (χ3n) is 5.81. The molecule has 156 valence electrons. The van der Waals surface area contributed by atoms with Crippen molar-refractivity contribution in [3.63, 3.8) is 0 Å². The number of aromatic nitrogens is 2. The van der Waals surface area contributed by atoms with Gasteiger partial charge in [-0.25, -0.2) is 10.1 Å². The number of nitrogens with zero attached hydrogens (tertiary/aromatic N) is 2. The standard InChI is InChI=1S/C20H27N5O3S/c1-13-10-18(17-5-3-2-4-16(13)17)24-20-22-9-8-19(25-20)23-15-7-6-14(11-15)12-28-29(21,26)27/h2-5,8-9,13-15,18H,6-7,10-12H2,1H3,(H2,21,26,27)(H2,22,23,24,25)/t13?,14-,15+,18?/m1/s1. The van der Waals surface area contributed by atoms with Gasteiger partial charge in [0.05, 0.1) is 12.6 Å². The van der Waals surface area contributed by atoms with Crippen LogP contribution in [0.3, 0.4) is 0 Å². The summed E-state index contributed by atoms with van der Waals surface area (Å²) < 4.78 is 26.6. The molecule has 29 heavy (non-hydrogen) atoms. The molecule has 4 atom stereocenters. The normalized spacial score (nSPS) is 26.3. The molecule has 0 spiro atoms. The monoisotopic (exact) mass is 417 g/mol. The number of rotatable bonds is 7. The number of hydrogen-bond acceptors (Lipinski definition) is 7. The molecule has 0 bridgehead atoms. The van der Waals surface area contributed by atoms with E-state index < -0.39 is 10.3 Å². The third kappa shape index (κ3) is 5.04. The zero-order chi connectivity index (χ0) is 20.4. The molecule has 1 heterocycles. The second-order valence-electron chi connectivity index (χ2n) is 8.03. The summed E-state index contributed by atoms with van der Waals surface area (Å²) in [7, 11) is -3.88. The molecule has 0 radical (unpaired) electrons. The molecule has 2 aromatic rings. The van der Waals surface area contributed by atoms with Crippen molar-refractivity contribution < 1.29 is 12.6 Å². The van der Waals surface area contributed by atoms with Gasteiger partial charge in [0.1, 0.15) is 5.82 Å². The highest BCUT2D eigenvalue weighted by Crippen LogP contribution is 2.41. The van der Waals surface area contributed by atoms with Crippen LogP contribution in [0.4, 0.5) is 11.8 Å². The molecule has 4 N–H and O–H groups in total. The molecule has 0 saturated heterocycles. The highest BCUT2D eigenvalue weighted by Gasteiger charge is 2.29. The Morgan fingerprint density at radius 1 is 1.14 bits per heavy atom. The second-order valence-corrected chi connectivity index (χ2v) is 9.25. The van der Waals surface area contributed by atoms with Crippen LogP contribution >= 0.6 is 0 Å². The first-order valence-electron chi connectivity index (χ1n) is 9.99. The summed E-state index contributed by atoms with van der Waals surface area (Å²) in [4.78, 5) is 9.01. The third-order valence-corrected chi connectivity index (χ3v) is 6.28. The molecule has 0 amide bonds. The lowest BCUT2D eigenvalue weighted by Crippen LogP contribution is -2.21.